The summed E-state index contributed by atoms with van der Waals surface area (Å²) < 4.78 is 26.7. The van der Waals surface area contributed by atoms with E-state index in [1.807, 2.05) is 13.0 Å². The van der Waals surface area contributed by atoms with E-state index in [-0.39, 0.29) is 0 Å². The molecule has 0 radical (unpaired) electrons. The normalized spacial score (nSPS) is 11.7. The smallest absolute Gasteiger partial charge is 0.240 e. The topological polar surface area (TPSA) is 72.2 Å². The minimum absolute atomic E-state index is 0.330. The summed E-state index contributed by atoms with van der Waals surface area (Å²) in [4.78, 5) is 0.330. The molecule has 1 aromatic rings. The summed E-state index contributed by atoms with van der Waals surface area (Å²) in [5.74, 6) is 0. The standard InChI is InChI=1S/C12H20N2O2S/c1-3-4-8-14-17(15,16)12-7-5-6-11(9-13)10(12)2/h5-7,14H,3-4,8-9,13H2,1-2H3. The molecule has 0 aliphatic carbocycles. The number of nitrogens with two attached hydrogens (primary N) is 1. The van der Waals surface area contributed by atoms with Crippen LogP contribution in [-0.2, 0) is 16.6 Å². The molecule has 0 saturated heterocycles. The second-order valence-corrected chi connectivity index (χ2v) is 5.73. The fourth-order valence-corrected chi connectivity index (χ4v) is 2.99. The molecule has 0 heterocycles. The molecule has 17 heavy (non-hydrogen) atoms. The minimum atomic E-state index is -3.40. The van der Waals surface area contributed by atoms with E-state index in [0.29, 0.717) is 18.0 Å². The number of hydrogen-bond acceptors (Lipinski definition) is 3. The van der Waals surface area contributed by atoms with Gasteiger partial charge in [-0.25, -0.2) is 13.1 Å². The molecule has 3 N–H and O–H groups in total. The summed E-state index contributed by atoms with van der Waals surface area (Å²) in [6.45, 7) is 4.64. The predicted octanol–water partition coefficient (Wildman–Crippen LogP) is 1.53. The van der Waals surface area contributed by atoms with Gasteiger partial charge in [0.15, 0.2) is 0 Å². The number of hydrogen-bond donors (Lipinski definition) is 2. The molecule has 0 aliphatic heterocycles. The van der Waals surface area contributed by atoms with Gasteiger partial charge < -0.3 is 5.73 Å². The van der Waals surface area contributed by atoms with Crippen molar-refractivity contribution >= 4 is 10.0 Å². The van der Waals surface area contributed by atoms with E-state index < -0.39 is 10.0 Å². The van der Waals surface area contributed by atoms with Crippen molar-refractivity contribution in [1.29, 1.82) is 0 Å². The van der Waals surface area contributed by atoms with Gasteiger partial charge in [0.25, 0.3) is 0 Å². The van der Waals surface area contributed by atoms with E-state index in [4.69, 9.17) is 5.73 Å². The summed E-state index contributed by atoms with van der Waals surface area (Å²) in [6, 6.07) is 5.19. The number of benzene rings is 1. The third-order valence-electron chi connectivity index (χ3n) is 2.73. The summed E-state index contributed by atoms with van der Waals surface area (Å²) in [7, 11) is -3.40. The molecule has 0 fully saturated rings. The molecule has 0 unspecified atom stereocenters. The van der Waals surface area contributed by atoms with E-state index in [2.05, 4.69) is 4.72 Å². The maximum Gasteiger partial charge on any atom is 0.240 e. The largest absolute Gasteiger partial charge is 0.326 e. The quantitative estimate of drug-likeness (QED) is 0.758. The lowest BCUT2D eigenvalue weighted by Gasteiger charge is -2.11. The second-order valence-electron chi connectivity index (χ2n) is 4.00. The molecule has 0 atom stereocenters. The highest BCUT2D eigenvalue weighted by Gasteiger charge is 2.17. The Morgan fingerprint density at radius 1 is 1.35 bits per heavy atom. The third-order valence-corrected chi connectivity index (χ3v) is 4.33. The Morgan fingerprint density at radius 2 is 2.06 bits per heavy atom. The van der Waals surface area contributed by atoms with Gasteiger partial charge in [0.2, 0.25) is 10.0 Å². The maximum absolute atomic E-state index is 12.0. The van der Waals surface area contributed by atoms with Gasteiger partial charge in [-0.15, -0.1) is 0 Å². The fraction of sp³-hybridized carbons (Fsp3) is 0.500. The summed E-state index contributed by atoms with van der Waals surface area (Å²) in [6.07, 6.45) is 1.80. The Hall–Kier alpha value is -0.910. The van der Waals surface area contributed by atoms with E-state index in [0.717, 1.165) is 24.0 Å². The van der Waals surface area contributed by atoms with Crippen molar-refractivity contribution < 1.29 is 8.42 Å². The van der Waals surface area contributed by atoms with Gasteiger partial charge in [-0.2, -0.15) is 0 Å². The van der Waals surface area contributed by atoms with Gasteiger partial charge in [-0.3, -0.25) is 0 Å². The summed E-state index contributed by atoms with van der Waals surface area (Å²) >= 11 is 0. The van der Waals surface area contributed by atoms with Crippen LogP contribution in [0.2, 0.25) is 0 Å². The van der Waals surface area contributed by atoms with Gasteiger partial charge in [-0.1, -0.05) is 25.5 Å². The van der Waals surface area contributed by atoms with Crippen LogP contribution >= 0.6 is 0 Å². The first-order valence-electron chi connectivity index (χ1n) is 5.81. The number of rotatable bonds is 6. The Morgan fingerprint density at radius 3 is 2.65 bits per heavy atom. The molecule has 0 amide bonds. The van der Waals surface area contributed by atoms with Crippen LogP contribution in [0.15, 0.2) is 23.1 Å². The molecule has 0 bridgehead atoms. The Bertz CT molecular complexity index is 469. The lowest BCUT2D eigenvalue weighted by atomic mass is 10.1. The monoisotopic (exact) mass is 256 g/mol. The molecule has 96 valence electrons. The van der Waals surface area contributed by atoms with Crippen molar-refractivity contribution in [2.24, 2.45) is 5.73 Å². The van der Waals surface area contributed by atoms with Crippen LogP contribution in [-0.4, -0.2) is 15.0 Å². The van der Waals surface area contributed by atoms with Gasteiger partial charge in [0, 0.05) is 13.1 Å². The number of unbranched alkanes of at least 4 members (excludes halogenated alkanes) is 1. The maximum atomic E-state index is 12.0. The number of sulfonamides is 1. The fourth-order valence-electron chi connectivity index (χ4n) is 1.63. The number of nitrogens with one attached hydrogen (secondary N) is 1. The van der Waals surface area contributed by atoms with E-state index >= 15 is 0 Å². The summed E-state index contributed by atoms with van der Waals surface area (Å²) in [5.41, 5.74) is 7.17. The van der Waals surface area contributed by atoms with Crippen LogP contribution in [0.3, 0.4) is 0 Å². The predicted molar refractivity (Wildman–Crippen MR) is 69.2 cm³/mol. The molecule has 1 aromatic carbocycles. The lowest BCUT2D eigenvalue weighted by molar-refractivity contribution is 0.577. The highest BCUT2D eigenvalue weighted by atomic mass is 32.2. The van der Waals surface area contributed by atoms with Gasteiger partial charge in [0.05, 0.1) is 4.90 Å². The molecule has 0 spiro atoms. The molecule has 0 aliphatic rings. The van der Waals surface area contributed by atoms with Crippen LogP contribution in [0.25, 0.3) is 0 Å². The van der Waals surface area contributed by atoms with E-state index in [9.17, 15) is 8.42 Å². The van der Waals surface area contributed by atoms with E-state index in [1.165, 1.54) is 0 Å². The zero-order valence-electron chi connectivity index (χ0n) is 10.4. The van der Waals surface area contributed by atoms with E-state index in [1.54, 1.807) is 19.1 Å². The first-order chi connectivity index (χ1) is 8.03. The molecule has 1 rings (SSSR count). The SMILES string of the molecule is CCCCNS(=O)(=O)c1cccc(CN)c1C. The van der Waals surface area contributed by atoms with Crippen LogP contribution in [0, 0.1) is 6.92 Å². The van der Waals surface area contributed by atoms with Crippen molar-refractivity contribution in [2.45, 2.75) is 38.1 Å². The summed E-state index contributed by atoms with van der Waals surface area (Å²) in [5, 5.41) is 0. The van der Waals surface area contributed by atoms with Gasteiger partial charge in [-0.05, 0) is 30.5 Å². The zero-order valence-corrected chi connectivity index (χ0v) is 11.2. The highest BCUT2D eigenvalue weighted by molar-refractivity contribution is 7.89. The average Bonchev–Trinajstić information content (AvgIpc) is 2.29. The van der Waals surface area contributed by atoms with Gasteiger partial charge in [0.1, 0.15) is 0 Å². The van der Waals surface area contributed by atoms with Crippen molar-refractivity contribution in [1.82, 2.24) is 4.72 Å². The molecule has 0 aromatic heterocycles. The zero-order chi connectivity index (χ0) is 12.9. The van der Waals surface area contributed by atoms with Crippen molar-refractivity contribution in [2.75, 3.05) is 6.54 Å². The molecule has 0 saturated carbocycles. The van der Waals surface area contributed by atoms with Crippen LogP contribution in [0.1, 0.15) is 30.9 Å². The third kappa shape index (κ3) is 3.52. The lowest BCUT2D eigenvalue weighted by Crippen LogP contribution is -2.25. The average molecular weight is 256 g/mol. The Kier molecular flexibility index (Phi) is 5.11. The van der Waals surface area contributed by atoms with Crippen molar-refractivity contribution in [3.05, 3.63) is 29.3 Å². The molecule has 4 nitrogen and oxygen atoms in total. The second kappa shape index (κ2) is 6.14. The Labute approximate surface area is 103 Å². The first-order valence-corrected chi connectivity index (χ1v) is 7.29. The Balaban J connectivity index is 2.99. The minimum Gasteiger partial charge on any atom is -0.326 e. The first kappa shape index (κ1) is 14.2. The van der Waals surface area contributed by atoms with Crippen molar-refractivity contribution in [3.8, 4) is 0 Å². The highest BCUT2D eigenvalue weighted by Crippen LogP contribution is 2.18. The van der Waals surface area contributed by atoms with Crippen LogP contribution in [0.5, 0.6) is 0 Å². The molecular weight excluding hydrogens is 236 g/mol. The van der Waals surface area contributed by atoms with Crippen LogP contribution < -0.4 is 10.5 Å². The molecular formula is C12H20N2O2S. The molecule has 5 heteroatoms. The van der Waals surface area contributed by atoms with Gasteiger partial charge >= 0.3 is 0 Å². The van der Waals surface area contributed by atoms with Crippen LogP contribution in [0.4, 0.5) is 0 Å². The van der Waals surface area contributed by atoms with Crippen molar-refractivity contribution in [3.63, 3.8) is 0 Å².